The quantitative estimate of drug-likeness (QED) is 0.524. The van der Waals surface area contributed by atoms with Crippen LogP contribution in [0.2, 0.25) is 0 Å². The van der Waals surface area contributed by atoms with Gasteiger partial charge in [0.25, 0.3) is 0 Å². The summed E-state index contributed by atoms with van der Waals surface area (Å²) in [5, 5.41) is 23.9. The van der Waals surface area contributed by atoms with Crippen LogP contribution in [0.3, 0.4) is 0 Å². The van der Waals surface area contributed by atoms with E-state index in [0.29, 0.717) is 29.2 Å². The van der Waals surface area contributed by atoms with Crippen LogP contribution in [0.15, 0.2) is 30.0 Å². The Hall–Kier alpha value is -3.58. The Kier molecular flexibility index (Phi) is 4.43. The number of aliphatic hydroxyl groups is 2. The molecule has 2 aliphatic rings. The van der Waals surface area contributed by atoms with E-state index in [-0.39, 0.29) is 23.3 Å². The lowest BCUT2D eigenvalue weighted by Crippen LogP contribution is -2.30. The number of thiophene rings is 1. The maximum atomic E-state index is 12.4. The van der Waals surface area contributed by atoms with Crippen LogP contribution < -0.4 is 10.2 Å². The fourth-order valence-corrected chi connectivity index (χ4v) is 5.23. The number of fused-ring (bicyclic) bond motifs is 2. The summed E-state index contributed by atoms with van der Waals surface area (Å²) in [4.78, 5) is 30.0. The molecule has 0 aliphatic heterocycles. The number of allylic oxidation sites excluding steroid dienone is 1. The van der Waals surface area contributed by atoms with E-state index >= 15 is 0 Å². The number of aryl methyl sites for hydroxylation is 1. The number of imidazole rings is 1. The molecular weight excluding hydrogens is 428 g/mol. The Morgan fingerprint density at radius 3 is 2.75 bits per heavy atom. The molecule has 5 rings (SSSR count). The lowest BCUT2D eigenvalue weighted by Gasteiger charge is -2.16. The second-order valence-electron chi connectivity index (χ2n) is 8.29. The number of amides is 1. The molecule has 164 valence electrons. The Morgan fingerprint density at radius 2 is 2.09 bits per heavy atom. The van der Waals surface area contributed by atoms with Gasteiger partial charge in [0.1, 0.15) is 17.2 Å². The van der Waals surface area contributed by atoms with Crippen molar-refractivity contribution in [2.45, 2.75) is 19.4 Å². The van der Waals surface area contributed by atoms with E-state index < -0.39 is 11.5 Å². The summed E-state index contributed by atoms with van der Waals surface area (Å²) in [7, 11) is 5.24. The SMILES string of the molecule is CNC(=O)C12CC1[C@@H](n1cnc3c(N(C)C)nc(C#Cc4ccc(C)s4)nc31)C(O)=C2O. The van der Waals surface area contributed by atoms with E-state index in [1.165, 1.54) is 11.9 Å². The molecule has 1 fully saturated rings. The van der Waals surface area contributed by atoms with Gasteiger partial charge < -0.3 is 25.0 Å². The fraction of sp³-hybridized carbons (Fsp3) is 0.364. The van der Waals surface area contributed by atoms with Crippen LogP contribution in [0.4, 0.5) is 5.82 Å². The van der Waals surface area contributed by atoms with Crippen LogP contribution in [0.1, 0.15) is 28.0 Å². The third-order valence-electron chi connectivity index (χ3n) is 6.14. The van der Waals surface area contributed by atoms with Crippen molar-refractivity contribution in [3.05, 3.63) is 45.6 Å². The zero-order chi connectivity index (χ0) is 22.8. The predicted octanol–water partition coefficient (Wildman–Crippen LogP) is 2.30. The van der Waals surface area contributed by atoms with Gasteiger partial charge in [-0.05, 0) is 37.3 Å². The van der Waals surface area contributed by atoms with E-state index in [0.717, 1.165) is 4.88 Å². The standard InChI is InChI=1S/C22H22N6O3S/c1-11-5-6-12(32-11)7-8-14-25-19(27(3)4)15-20(26-14)28(10-24-15)16-13-9-22(13,21(31)23-2)18(30)17(16)29/h5-6,10,13,16,29-30H,9H2,1-4H3,(H,23,31)/t13?,16-,22?/m1/s1. The van der Waals surface area contributed by atoms with Gasteiger partial charge in [-0.3, -0.25) is 4.79 Å². The third kappa shape index (κ3) is 2.78. The zero-order valence-corrected chi connectivity index (χ0v) is 18.9. The van der Waals surface area contributed by atoms with Gasteiger partial charge >= 0.3 is 0 Å². The van der Waals surface area contributed by atoms with Gasteiger partial charge in [0, 0.05) is 31.9 Å². The molecule has 0 bridgehead atoms. The molecule has 0 saturated heterocycles. The van der Waals surface area contributed by atoms with Crippen LogP contribution in [0.25, 0.3) is 11.2 Å². The molecule has 3 heterocycles. The molecule has 10 heteroatoms. The van der Waals surface area contributed by atoms with Gasteiger partial charge in [-0.1, -0.05) is 0 Å². The first kappa shape index (κ1) is 20.3. The van der Waals surface area contributed by atoms with Crippen LogP contribution >= 0.6 is 11.3 Å². The highest BCUT2D eigenvalue weighted by molar-refractivity contribution is 7.12. The summed E-state index contributed by atoms with van der Waals surface area (Å²) in [5.41, 5.74) is -0.0471. The second-order valence-corrected chi connectivity index (χ2v) is 9.58. The van der Waals surface area contributed by atoms with Crippen molar-refractivity contribution >= 4 is 34.2 Å². The normalized spacial score (nSPS) is 23.6. The molecule has 1 saturated carbocycles. The van der Waals surface area contributed by atoms with Gasteiger partial charge in [-0.2, -0.15) is 0 Å². The van der Waals surface area contributed by atoms with Crippen molar-refractivity contribution in [3.63, 3.8) is 0 Å². The van der Waals surface area contributed by atoms with Gasteiger partial charge in [-0.15, -0.1) is 11.3 Å². The summed E-state index contributed by atoms with van der Waals surface area (Å²) >= 11 is 1.60. The molecule has 1 amide bonds. The molecule has 3 atom stereocenters. The highest BCUT2D eigenvalue weighted by Gasteiger charge is 2.72. The lowest BCUT2D eigenvalue weighted by molar-refractivity contribution is -0.125. The number of aromatic nitrogens is 4. The number of carbonyl (C=O) groups excluding carboxylic acids is 1. The maximum absolute atomic E-state index is 12.4. The summed E-state index contributed by atoms with van der Waals surface area (Å²) in [6, 6.07) is 3.33. The summed E-state index contributed by atoms with van der Waals surface area (Å²) in [6.07, 6.45) is 2.02. The number of rotatable bonds is 3. The van der Waals surface area contributed by atoms with E-state index in [9.17, 15) is 15.0 Å². The van der Waals surface area contributed by atoms with Crippen LogP contribution in [-0.2, 0) is 4.79 Å². The highest BCUT2D eigenvalue weighted by Crippen LogP contribution is 2.69. The largest absolute Gasteiger partial charge is 0.508 e. The van der Waals surface area contributed by atoms with Crippen molar-refractivity contribution < 1.29 is 15.0 Å². The van der Waals surface area contributed by atoms with Gasteiger partial charge in [-0.25, -0.2) is 15.0 Å². The average Bonchev–Trinajstić information content (AvgIpc) is 3.02. The topological polar surface area (TPSA) is 116 Å². The van der Waals surface area contributed by atoms with Crippen LogP contribution in [-0.4, -0.2) is 56.8 Å². The maximum Gasteiger partial charge on any atom is 0.234 e. The van der Waals surface area contributed by atoms with Crippen molar-refractivity contribution in [1.29, 1.82) is 0 Å². The molecule has 2 unspecified atom stereocenters. The molecular formula is C22H22N6O3S. The van der Waals surface area contributed by atoms with Crippen LogP contribution in [0, 0.1) is 30.1 Å². The fourth-order valence-electron chi connectivity index (χ4n) is 4.51. The number of nitrogens with one attached hydrogen (secondary N) is 1. The number of anilines is 1. The minimum absolute atomic E-state index is 0.226. The Bertz CT molecular complexity index is 1360. The van der Waals surface area contributed by atoms with Gasteiger partial charge in [0.05, 0.1) is 11.2 Å². The summed E-state index contributed by atoms with van der Waals surface area (Å²) in [5.74, 6) is 5.97. The molecule has 0 aromatic carbocycles. The van der Waals surface area contributed by atoms with Gasteiger partial charge in [0.2, 0.25) is 11.7 Å². The molecule has 0 radical (unpaired) electrons. The first-order valence-corrected chi connectivity index (χ1v) is 10.9. The highest BCUT2D eigenvalue weighted by atomic mass is 32.1. The molecule has 0 spiro atoms. The lowest BCUT2D eigenvalue weighted by atomic mass is 10.0. The number of hydrogen-bond donors (Lipinski definition) is 3. The van der Waals surface area contributed by atoms with E-state index in [2.05, 4.69) is 32.1 Å². The monoisotopic (exact) mass is 450 g/mol. The van der Waals surface area contributed by atoms with E-state index in [4.69, 9.17) is 0 Å². The van der Waals surface area contributed by atoms with Crippen molar-refractivity contribution in [3.8, 4) is 11.8 Å². The van der Waals surface area contributed by atoms with Crippen molar-refractivity contribution in [2.75, 3.05) is 26.0 Å². The molecule has 32 heavy (non-hydrogen) atoms. The molecule has 3 aromatic rings. The molecule has 9 nitrogen and oxygen atoms in total. The van der Waals surface area contributed by atoms with Crippen LogP contribution in [0.5, 0.6) is 0 Å². The number of hydrogen-bond acceptors (Lipinski definition) is 8. The minimum Gasteiger partial charge on any atom is -0.508 e. The zero-order valence-electron chi connectivity index (χ0n) is 18.0. The minimum atomic E-state index is -1.09. The number of nitrogens with zero attached hydrogens (tertiary/aromatic N) is 5. The molecule has 2 aliphatic carbocycles. The first-order valence-electron chi connectivity index (χ1n) is 10.1. The molecule has 3 N–H and O–H groups in total. The van der Waals surface area contributed by atoms with Crippen molar-refractivity contribution in [1.82, 2.24) is 24.8 Å². The molecule has 3 aromatic heterocycles. The number of carbonyl (C=O) groups is 1. The summed E-state index contributed by atoms with van der Waals surface area (Å²) in [6.45, 7) is 2.02. The third-order valence-corrected chi connectivity index (χ3v) is 7.05. The predicted molar refractivity (Wildman–Crippen MR) is 121 cm³/mol. The Balaban J connectivity index is 1.62. The summed E-state index contributed by atoms with van der Waals surface area (Å²) < 4.78 is 1.71. The van der Waals surface area contributed by atoms with Gasteiger partial charge in [0.15, 0.2) is 22.7 Å². The second kappa shape index (κ2) is 6.97. The smallest absolute Gasteiger partial charge is 0.234 e. The Labute approximate surface area is 188 Å². The number of aliphatic hydroxyl groups excluding tert-OH is 2. The first-order chi connectivity index (χ1) is 15.3. The van der Waals surface area contributed by atoms with Crippen molar-refractivity contribution in [2.24, 2.45) is 11.3 Å². The Morgan fingerprint density at radius 1 is 1.31 bits per heavy atom. The van der Waals surface area contributed by atoms with E-state index in [1.54, 1.807) is 22.2 Å². The average molecular weight is 451 g/mol. The van der Waals surface area contributed by atoms with E-state index in [1.807, 2.05) is 38.1 Å².